The number of piperidine rings is 1. The van der Waals surface area contributed by atoms with E-state index in [0.717, 1.165) is 22.4 Å². The maximum absolute atomic E-state index is 11.6. The minimum atomic E-state index is -1.16. The lowest BCUT2D eigenvalue weighted by atomic mass is 9.90. The summed E-state index contributed by atoms with van der Waals surface area (Å²) in [6.07, 6.45) is 1.08. The average Bonchev–Trinajstić information content (AvgIpc) is 2.85. The Bertz CT molecular complexity index is 760. The number of hydrogen-bond acceptors (Lipinski definition) is 6. The molecule has 0 radical (unpaired) electrons. The third-order valence-corrected chi connectivity index (χ3v) is 6.36. The number of nitrogens with zero attached hydrogens (tertiary/aromatic N) is 2. The van der Waals surface area contributed by atoms with Gasteiger partial charge in [-0.3, -0.25) is 9.69 Å². The second-order valence-electron chi connectivity index (χ2n) is 9.21. The molecule has 0 unspecified atom stereocenters. The van der Waals surface area contributed by atoms with Crippen LogP contribution in [0.15, 0.2) is 12.1 Å². The number of likely N-dealkylation sites (tertiary alicyclic amines) is 1. The van der Waals surface area contributed by atoms with Crippen LogP contribution in [0.25, 0.3) is 0 Å². The molecule has 2 N–H and O–H groups in total. The summed E-state index contributed by atoms with van der Waals surface area (Å²) >= 11 is 0. The summed E-state index contributed by atoms with van der Waals surface area (Å²) in [7, 11) is 0. The van der Waals surface area contributed by atoms with Crippen LogP contribution in [0.5, 0.6) is 5.75 Å². The molecular weight excluding hydrogens is 384 g/mol. The molecule has 168 valence electrons. The Hall–Kier alpha value is -1.67. The highest BCUT2D eigenvalue weighted by molar-refractivity contribution is 5.73. The van der Waals surface area contributed by atoms with Gasteiger partial charge < -0.3 is 24.6 Å². The predicted molar refractivity (Wildman–Crippen MR) is 115 cm³/mol. The molecular formula is C23H36N2O5. The van der Waals surface area contributed by atoms with Crippen molar-refractivity contribution in [1.29, 1.82) is 0 Å². The van der Waals surface area contributed by atoms with E-state index in [4.69, 9.17) is 9.47 Å². The smallest absolute Gasteiger partial charge is 0.219 e. The van der Waals surface area contributed by atoms with Crippen LogP contribution in [0, 0.1) is 20.8 Å². The van der Waals surface area contributed by atoms with Crippen molar-refractivity contribution in [3.63, 3.8) is 0 Å². The third kappa shape index (κ3) is 5.72. The normalized spacial score (nSPS) is 25.1. The number of aliphatic hydroxyl groups is 2. The minimum absolute atomic E-state index is 0.0495. The lowest BCUT2D eigenvalue weighted by Gasteiger charge is -2.41. The molecule has 3 rings (SSSR count). The number of β-amino-alcohol motifs (C(OH)–C–C–N with tert-alkyl or cyclic N) is 2. The first-order valence-corrected chi connectivity index (χ1v) is 10.8. The molecule has 2 aliphatic heterocycles. The van der Waals surface area contributed by atoms with Crippen molar-refractivity contribution < 1.29 is 24.5 Å². The second-order valence-corrected chi connectivity index (χ2v) is 9.21. The second kappa shape index (κ2) is 9.22. The Morgan fingerprint density at radius 1 is 1.13 bits per heavy atom. The van der Waals surface area contributed by atoms with Crippen LogP contribution < -0.4 is 4.74 Å². The van der Waals surface area contributed by atoms with Crippen LogP contribution in [0.1, 0.15) is 36.5 Å². The molecule has 1 aromatic rings. The van der Waals surface area contributed by atoms with Gasteiger partial charge in [0.1, 0.15) is 18.0 Å². The van der Waals surface area contributed by atoms with E-state index < -0.39 is 11.2 Å². The zero-order valence-corrected chi connectivity index (χ0v) is 18.7. The number of carbonyl (C=O) groups is 1. The predicted octanol–water partition coefficient (Wildman–Crippen LogP) is 1.43. The van der Waals surface area contributed by atoms with Gasteiger partial charge in [0.25, 0.3) is 0 Å². The van der Waals surface area contributed by atoms with Crippen LogP contribution in [0.4, 0.5) is 0 Å². The van der Waals surface area contributed by atoms with Crippen molar-refractivity contribution in [2.75, 3.05) is 52.5 Å². The summed E-state index contributed by atoms with van der Waals surface area (Å²) in [6.45, 7) is 11.1. The average molecular weight is 421 g/mol. The summed E-state index contributed by atoms with van der Waals surface area (Å²) in [5, 5.41) is 22.3. The molecule has 2 saturated heterocycles. The van der Waals surface area contributed by atoms with Gasteiger partial charge in [0, 0.05) is 39.6 Å². The molecule has 2 fully saturated rings. The molecule has 0 aromatic heterocycles. The SMILES string of the molecule is CC(=O)N1CCC(O)(CN2CCOC[C@@](O)(COc3cc(C)cc(C)c3C)C2)CC1. The Morgan fingerprint density at radius 2 is 1.83 bits per heavy atom. The van der Waals surface area contributed by atoms with Gasteiger partial charge in [0.15, 0.2) is 0 Å². The molecule has 1 atom stereocenters. The standard InChI is InChI=1S/C23H36N2O5/c1-17-11-18(2)19(3)21(12-17)30-16-23(28)14-24(9-10-29-15-23)13-22(27)5-7-25(8-6-22)20(4)26/h11-12,27-28H,5-10,13-16H2,1-4H3/t23-/m1/s1. The maximum Gasteiger partial charge on any atom is 0.219 e. The Balaban J connectivity index is 1.62. The quantitative estimate of drug-likeness (QED) is 0.750. The van der Waals surface area contributed by atoms with E-state index in [1.54, 1.807) is 11.8 Å². The van der Waals surface area contributed by atoms with Gasteiger partial charge in [0.2, 0.25) is 5.91 Å². The van der Waals surface area contributed by atoms with Crippen molar-refractivity contribution in [2.45, 2.75) is 51.7 Å². The van der Waals surface area contributed by atoms with Gasteiger partial charge in [-0.15, -0.1) is 0 Å². The first-order valence-electron chi connectivity index (χ1n) is 10.8. The summed E-state index contributed by atoms with van der Waals surface area (Å²) in [5.41, 5.74) is 1.34. The molecule has 0 saturated carbocycles. The molecule has 0 spiro atoms. The third-order valence-electron chi connectivity index (χ3n) is 6.36. The largest absolute Gasteiger partial charge is 0.490 e. The van der Waals surface area contributed by atoms with Crippen molar-refractivity contribution in [3.05, 3.63) is 28.8 Å². The number of carbonyl (C=O) groups excluding carboxylic acids is 1. The van der Waals surface area contributed by atoms with E-state index in [0.29, 0.717) is 52.2 Å². The molecule has 7 heteroatoms. The van der Waals surface area contributed by atoms with Gasteiger partial charge in [0.05, 0.1) is 18.8 Å². The van der Waals surface area contributed by atoms with Gasteiger partial charge in [-0.25, -0.2) is 0 Å². The van der Waals surface area contributed by atoms with E-state index in [2.05, 4.69) is 17.9 Å². The van der Waals surface area contributed by atoms with Crippen molar-refractivity contribution in [3.8, 4) is 5.75 Å². The van der Waals surface area contributed by atoms with Gasteiger partial charge in [-0.1, -0.05) is 6.07 Å². The summed E-state index contributed by atoms with van der Waals surface area (Å²) in [4.78, 5) is 15.4. The molecule has 7 nitrogen and oxygen atoms in total. The van der Waals surface area contributed by atoms with Gasteiger partial charge in [-0.05, 0) is 56.4 Å². The highest BCUT2D eigenvalue weighted by atomic mass is 16.5. The molecule has 2 heterocycles. The van der Waals surface area contributed by atoms with Gasteiger partial charge in [-0.2, -0.15) is 0 Å². The fraction of sp³-hybridized carbons (Fsp3) is 0.696. The lowest BCUT2D eigenvalue weighted by molar-refractivity contribution is -0.134. The van der Waals surface area contributed by atoms with E-state index in [1.165, 1.54) is 0 Å². The first-order chi connectivity index (χ1) is 14.1. The number of amides is 1. The van der Waals surface area contributed by atoms with E-state index in [-0.39, 0.29) is 19.1 Å². The van der Waals surface area contributed by atoms with Crippen LogP contribution in [0.3, 0.4) is 0 Å². The Kier molecular flexibility index (Phi) is 7.07. The Morgan fingerprint density at radius 3 is 2.50 bits per heavy atom. The van der Waals surface area contributed by atoms with Crippen molar-refractivity contribution in [1.82, 2.24) is 9.80 Å². The highest BCUT2D eigenvalue weighted by Gasteiger charge is 2.39. The zero-order chi connectivity index (χ0) is 21.9. The summed E-state index contributed by atoms with van der Waals surface area (Å²) < 4.78 is 11.7. The van der Waals surface area contributed by atoms with E-state index >= 15 is 0 Å². The number of hydrogen-bond donors (Lipinski definition) is 2. The first kappa shape index (κ1) is 23.0. The van der Waals surface area contributed by atoms with Crippen LogP contribution in [-0.4, -0.2) is 89.7 Å². The molecule has 30 heavy (non-hydrogen) atoms. The monoisotopic (exact) mass is 420 g/mol. The molecule has 2 aliphatic rings. The fourth-order valence-electron chi connectivity index (χ4n) is 4.39. The molecule has 0 bridgehead atoms. The molecule has 1 amide bonds. The van der Waals surface area contributed by atoms with Crippen LogP contribution in [-0.2, 0) is 9.53 Å². The van der Waals surface area contributed by atoms with Crippen molar-refractivity contribution >= 4 is 5.91 Å². The van der Waals surface area contributed by atoms with Crippen LogP contribution >= 0.6 is 0 Å². The van der Waals surface area contributed by atoms with Crippen LogP contribution in [0.2, 0.25) is 0 Å². The number of aryl methyl sites for hydroxylation is 2. The lowest BCUT2D eigenvalue weighted by Crippen LogP contribution is -2.55. The number of ether oxygens (including phenoxy) is 2. The minimum Gasteiger partial charge on any atom is -0.490 e. The Labute approximate surface area is 179 Å². The zero-order valence-electron chi connectivity index (χ0n) is 18.7. The van der Waals surface area contributed by atoms with Gasteiger partial charge >= 0.3 is 0 Å². The summed E-state index contributed by atoms with van der Waals surface area (Å²) in [6, 6.07) is 4.11. The van der Waals surface area contributed by atoms with E-state index in [9.17, 15) is 15.0 Å². The van der Waals surface area contributed by atoms with Crippen molar-refractivity contribution in [2.24, 2.45) is 0 Å². The van der Waals surface area contributed by atoms with E-state index in [1.807, 2.05) is 19.9 Å². The highest BCUT2D eigenvalue weighted by Crippen LogP contribution is 2.27. The number of benzene rings is 1. The maximum atomic E-state index is 11.6. The molecule has 0 aliphatic carbocycles. The fourth-order valence-corrected chi connectivity index (χ4v) is 4.39. The topological polar surface area (TPSA) is 82.5 Å². The number of rotatable bonds is 5. The summed E-state index contributed by atoms with van der Waals surface area (Å²) in [5.74, 6) is 0.834. The molecule has 1 aromatic carbocycles.